The Hall–Kier alpha value is -1.61. The van der Waals surface area contributed by atoms with E-state index in [0.717, 1.165) is 12.1 Å². The molecule has 3 nitrogen and oxygen atoms in total. The Morgan fingerprint density at radius 2 is 1.92 bits per heavy atom. The van der Waals surface area contributed by atoms with Crippen molar-refractivity contribution in [3.63, 3.8) is 0 Å². The molecule has 0 saturated carbocycles. The summed E-state index contributed by atoms with van der Waals surface area (Å²) in [5.41, 5.74) is 7.90. The van der Waals surface area contributed by atoms with Crippen molar-refractivity contribution in [3.05, 3.63) is 45.8 Å². The number of halogens is 2. The largest absolute Gasteiger partial charge is 0.207 e. The number of nitrogens with zero attached hydrogens (tertiary/aromatic N) is 3. The zero-order valence-electron chi connectivity index (χ0n) is 6.91. The third-order valence-electron chi connectivity index (χ3n) is 1.64. The van der Waals surface area contributed by atoms with Crippen molar-refractivity contribution >= 4 is 0 Å². The summed E-state index contributed by atoms with van der Waals surface area (Å²) in [4.78, 5) is 2.49. The van der Waals surface area contributed by atoms with Crippen LogP contribution < -0.4 is 0 Å². The lowest BCUT2D eigenvalue weighted by atomic mass is 10.1. The predicted molar refractivity (Wildman–Crippen MR) is 43.9 cm³/mol. The van der Waals surface area contributed by atoms with Gasteiger partial charge in [0.05, 0.1) is 6.04 Å². The van der Waals surface area contributed by atoms with E-state index in [9.17, 15) is 8.78 Å². The minimum atomic E-state index is -0.828. The Balaban J connectivity index is 3.19. The fraction of sp³-hybridized carbons (Fsp3) is 0.250. The van der Waals surface area contributed by atoms with Crippen molar-refractivity contribution in [2.75, 3.05) is 0 Å². The molecule has 0 aliphatic rings. The average molecular weight is 183 g/mol. The van der Waals surface area contributed by atoms with Crippen LogP contribution in [0.1, 0.15) is 18.5 Å². The molecule has 5 heteroatoms. The molecule has 1 aromatic rings. The summed E-state index contributed by atoms with van der Waals surface area (Å²) >= 11 is 0. The molecule has 0 fully saturated rings. The highest BCUT2D eigenvalue weighted by molar-refractivity contribution is 5.22. The van der Waals surface area contributed by atoms with Crippen LogP contribution in [0, 0.1) is 11.6 Å². The van der Waals surface area contributed by atoms with Crippen LogP contribution in [0.5, 0.6) is 0 Å². The van der Waals surface area contributed by atoms with Gasteiger partial charge >= 0.3 is 0 Å². The molecule has 0 spiro atoms. The highest BCUT2D eigenvalue weighted by Gasteiger charge is 2.13. The summed E-state index contributed by atoms with van der Waals surface area (Å²) in [6.07, 6.45) is 0. The van der Waals surface area contributed by atoms with Gasteiger partial charge in [0.25, 0.3) is 0 Å². The van der Waals surface area contributed by atoms with Gasteiger partial charge in [-0.25, -0.2) is 8.78 Å². The highest BCUT2D eigenvalue weighted by atomic mass is 19.1. The first kappa shape index (κ1) is 9.48. The minimum Gasteiger partial charge on any atom is -0.207 e. The lowest BCUT2D eigenvalue weighted by molar-refractivity contribution is 0.536. The second-order valence-electron chi connectivity index (χ2n) is 2.52. The molecule has 1 rings (SSSR count). The second-order valence-corrected chi connectivity index (χ2v) is 2.52. The van der Waals surface area contributed by atoms with Crippen molar-refractivity contribution in [1.82, 2.24) is 0 Å². The van der Waals surface area contributed by atoms with Crippen molar-refractivity contribution < 1.29 is 8.78 Å². The maximum atomic E-state index is 13.0. The molecule has 1 aromatic carbocycles. The van der Waals surface area contributed by atoms with Gasteiger partial charge in [-0.1, -0.05) is 18.1 Å². The maximum Gasteiger partial charge on any atom is 0.129 e. The average Bonchev–Trinajstić information content (AvgIpc) is 2.04. The van der Waals surface area contributed by atoms with E-state index in [1.807, 2.05) is 0 Å². The van der Waals surface area contributed by atoms with Crippen LogP contribution in [0.15, 0.2) is 23.3 Å². The van der Waals surface area contributed by atoms with Crippen LogP contribution in [0.3, 0.4) is 0 Å². The molecule has 0 aromatic heterocycles. The molecule has 0 radical (unpaired) electrons. The molecule has 0 unspecified atom stereocenters. The molecule has 0 amide bonds. The number of hydrogen-bond donors (Lipinski definition) is 0. The van der Waals surface area contributed by atoms with E-state index in [4.69, 9.17) is 5.53 Å². The highest BCUT2D eigenvalue weighted by Crippen LogP contribution is 2.23. The smallest absolute Gasteiger partial charge is 0.129 e. The van der Waals surface area contributed by atoms with Gasteiger partial charge in [-0.3, -0.25) is 0 Å². The maximum absolute atomic E-state index is 13.0. The van der Waals surface area contributed by atoms with Gasteiger partial charge in [-0.15, -0.1) is 0 Å². The molecule has 68 valence electrons. The van der Waals surface area contributed by atoms with Crippen molar-refractivity contribution in [2.45, 2.75) is 13.0 Å². The summed E-state index contributed by atoms with van der Waals surface area (Å²) in [6.45, 7) is 1.43. The zero-order valence-corrected chi connectivity index (χ0v) is 6.91. The van der Waals surface area contributed by atoms with Crippen LogP contribution in [-0.2, 0) is 0 Å². The van der Waals surface area contributed by atoms with Crippen LogP contribution in [0.25, 0.3) is 10.4 Å². The number of azide groups is 1. The van der Waals surface area contributed by atoms with E-state index >= 15 is 0 Å². The second kappa shape index (κ2) is 3.87. The molecular weight excluding hydrogens is 176 g/mol. The van der Waals surface area contributed by atoms with Crippen LogP contribution >= 0.6 is 0 Å². The molecule has 13 heavy (non-hydrogen) atoms. The van der Waals surface area contributed by atoms with Gasteiger partial charge in [-0.2, -0.15) is 0 Å². The first-order chi connectivity index (χ1) is 6.16. The van der Waals surface area contributed by atoms with E-state index in [2.05, 4.69) is 10.0 Å². The van der Waals surface area contributed by atoms with Crippen LogP contribution in [0.2, 0.25) is 0 Å². The lowest BCUT2D eigenvalue weighted by Gasteiger charge is -2.06. The van der Waals surface area contributed by atoms with Crippen molar-refractivity contribution in [2.24, 2.45) is 5.11 Å². The first-order valence-electron chi connectivity index (χ1n) is 3.65. The van der Waals surface area contributed by atoms with Gasteiger partial charge in [-0.05, 0) is 17.7 Å². The summed E-state index contributed by atoms with van der Waals surface area (Å²) in [5, 5.41) is 3.22. The number of benzene rings is 1. The van der Waals surface area contributed by atoms with E-state index in [0.29, 0.717) is 0 Å². The number of hydrogen-bond acceptors (Lipinski definition) is 1. The van der Waals surface area contributed by atoms with Crippen molar-refractivity contribution in [1.29, 1.82) is 0 Å². The van der Waals surface area contributed by atoms with Gasteiger partial charge in [0.1, 0.15) is 11.6 Å². The topological polar surface area (TPSA) is 48.8 Å². The monoisotopic (exact) mass is 183 g/mol. The third kappa shape index (κ3) is 1.95. The Labute approximate surface area is 73.6 Å². The van der Waals surface area contributed by atoms with Gasteiger partial charge in [0.2, 0.25) is 0 Å². The standard InChI is InChI=1S/C8H7F2N3/c1-5(12-13-11)8-6(9)3-2-4-7(8)10/h2-5H,1H3/t5-/m1/s1. The fourth-order valence-electron chi connectivity index (χ4n) is 1.05. The predicted octanol–water partition coefficient (Wildman–Crippen LogP) is 3.34. The van der Waals surface area contributed by atoms with Gasteiger partial charge in [0, 0.05) is 10.5 Å². The SMILES string of the molecule is C[C@@H](N=[N+]=[N-])c1c(F)cccc1F. The molecule has 0 heterocycles. The van der Waals surface area contributed by atoms with E-state index in [1.54, 1.807) is 0 Å². The Kier molecular flexibility index (Phi) is 2.82. The van der Waals surface area contributed by atoms with Gasteiger partial charge < -0.3 is 0 Å². The minimum absolute atomic E-state index is 0.194. The fourth-order valence-corrected chi connectivity index (χ4v) is 1.05. The van der Waals surface area contributed by atoms with Crippen LogP contribution in [-0.4, -0.2) is 0 Å². The Morgan fingerprint density at radius 1 is 1.38 bits per heavy atom. The first-order valence-corrected chi connectivity index (χ1v) is 3.65. The molecule has 0 saturated heterocycles. The van der Waals surface area contributed by atoms with E-state index in [-0.39, 0.29) is 5.56 Å². The summed E-state index contributed by atoms with van der Waals surface area (Å²) in [7, 11) is 0. The normalized spacial score (nSPS) is 11.9. The van der Waals surface area contributed by atoms with E-state index < -0.39 is 17.7 Å². The molecule has 0 aliphatic carbocycles. The quantitative estimate of drug-likeness (QED) is 0.383. The summed E-state index contributed by atoms with van der Waals surface area (Å²) in [5.74, 6) is -1.39. The third-order valence-corrected chi connectivity index (χ3v) is 1.64. The molecule has 0 bridgehead atoms. The molecular formula is C8H7F2N3. The Morgan fingerprint density at radius 3 is 2.38 bits per heavy atom. The zero-order chi connectivity index (χ0) is 9.84. The molecule has 0 N–H and O–H groups in total. The van der Waals surface area contributed by atoms with Crippen molar-refractivity contribution in [3.8, 4) is 0 Å². The molecule has 1 atom stereocenters. The number of rotatable bonds is 2. The lowest BCUT2D eigenvalue weighted by Crippen LogP contribution is -1.97. The summed E-state index contributed by atoms with van der Waals surface area (Å²) in [6, 6.07) is 2.69. The Bertz CT molecular complexity index is 338. The van der Waals surface area contributed by atoms with Crippen LogP contribution in [0.4, 0.5) is 8.78 Å². The van der Waals surface area contributed by atoms with Gasteiger partial charge in [0.15, 0.2) is 0 Å². The van der Waals surface area contributed by atoms with E-state index in [1.165, 1.54) is 13.0 Å². The molecule has 0 aliphatic heterocycles. The summed E-state index contributed by atoms with van der Waals surface area (Å²) < 4.78 is 26.0.